The first-order chi connectivity index (χ1) is 12.4. The van der Waals surface area contributed by atoms with E-state index in [1.54, 1.807) is 13.2 Å². The van der Waals surface area contributed by atoms with Gasteiger partial charge in [-0.05, 0) is 48.0 Å². The van der Waals surface area contributed by atoms with Gasteiger partial charge in [-0.15, -0.1) is 0 Å². The number of phenols is 1. The number of carboxylic acid groups (broad SMARTS) is 1. The predicted octanol–water partition coefficient (Wildman–Crippen LogP) is 3.98. The number of furan rings is 1. The van der Waals surface area contributed by atoms with Gasteiger partial charge in [-0.1, -0.05) is 0 Å². The van der Waals surface area contributed by atoms with Crippen LogP contribution in [0.1, 0.15) is 5.56 Å². The molecule has 6 heteroatoms. The average Bonchev–Trinajstić information content (AvgIpc) is 3.04. The van der Waals surface area contributed by atoms with Crippen molar-refractivity contribution in [3.05, 3.63) is 48.0 Å². The van der Waals surface area contributed by atoms with Crippen LogP contribution in [0, 0.1) is 0 Å². The van der Waals surface area contributed by atoms with Crippen LogP contribution in [-0.4, -0.2) is 37.4 Å². The summed E-state index contributed by atoms with van der Waals surface area (Å²) in [7, 11) is 5.47. The van der Waals surface area contributed by atoms with E-state index in [-0.39, 0.29) is 5.75 Å². The number of carbonyl (C=O) groups is 1. The zero-order valence-electron chi connectivity index (χ0n) is 14.7. The number of methoxy groups -OCH3 is 1. The Bertz CT molecular complexity index is 1000. The number of hydrogen-bond donors (Lipinski definition) is 2. The molecule has 0 aliphatic carbocycles. The van der Waals surface area contributed by atoms with Crippen molar-refractivity contribution in [1.82, 2.24) is 0 Å². The molecule has 0 bridgehead atoms. The summed E-state index contributed by atoms with van der Waals surface area (Å²) in [6, 6.07) is 10.7. The van der Waals surface area contributed by atoms with Crippen LogP contribution in [-0.2, 0) is 4.79 Å². The maximum absolute atomic E-state index is 10.7. The zero-order chi connectivity index (χ0) is 18.8. The van der Waals surface area contributed by atoms with Crippen molar-refractivity contribution in [1.29, 1.82) is 0 Å². The first-order valence-corrected chi connectivity index (χ1v) is 7.92. The summed E-state index contributed by atoms with van der Waals surface area (Å²) in [5.74, 6) is 0.256. The molecule has 134 valence electrons. The van der Waals surface area contributed by atoms with Gasteiger partial charge < -0.3 is 24.3 Å². The molecule has 2 aromatic carbocycles. The van der Waals surface area contributed by atoms with Gasteiger partial charge in [-0.2, -0.15) is 0 Å². The molecule has 6 nitrogen and oxygen atoms in total. The molecule has 0 fully saturated rings. The summed E-state index contributed by atoms with van der Waals surface area (Å²) in [6.07, 6.45) is 2.44. The Morgan fingerprint density at radius 3 is 2.62 bits per heavy atom. The third-order valence-corrected chi connectivity index (χ3v) is 3.98. The lowest BCUT2D eigenvalue weighted by atomic mass is 10.1. The number of phenolic OH excluding ortho intramolecular Hbond substituents is 1. The SMILES string of the molecule is COc1ccc(-c2cc3cc(/C=C/C(=O)O)cc(O)c3o2)cc1N(C)C. The highest BCUT2D eigenvalue weighted by atomic mass is 16.5. The van der Waals surface area contributed by atoms with E-state index < -0.39 is 5.97 Å². The predicted molar refractivity (Wildman–Crippen MR) is 101 cm³/mol. The van der Waals surface area contributed by atoms with Crippen molar-refractivity contribution in [3.63, 3.8) is 0 Å². The Labute approximate surface area is 150 Å². The minimum Gasteiger partial charge on any atom is -0.504 e. The van der Waals surface area contributed by atoms with Crippen molar-refractivity contribution in [2.45, 2.75) is 0 Å². The number of rotatable bonds is 5. The number of carboxylic acids is 1. The van der Waals surface area contributed by atoms with Crippen LogP contribution in [0.3, 0.4) is 0 Å². The van der Waals surface area contributed by atoms with E-state index in [1.165, 1.54) is 12.1 Å². The van der Waals surface area contributed by atoms with Crippen LogP contribution >= 0.6 is 0 Å². The summed E-state index contributed by atoms with van der Waals surface area (Å²) in [4.78, 5) is 12.6. The lowest BCUT2D eigenvalue weighted by molar-refractivity contribution is -0.131. The molecule has 1 heterocycles. The Morgan fingerprint density at radius 2 is 1.96 bits per heavy atom. The number of hydrogen-bond acceptors (Lipinski definition) is 5. The van der Waals surface area contributed by atoms with Gasteiger partial charge >= 0.3 is 5.97 Å². The van der Waals surface area contributed by atoms with E-state index in [4.69, 9.17) is 14.3 Å². The van der Waals surface area contributed by atoms with E-state index in [9.17, 15) is 9.90 Å². The van der Waals surface area contributed by atoms with Gasteiger partial charge in [0.2, 0.25) is 0 Å². The van der Waals surface area contributed by atoms with Crippen molar-refractivity contribution >= 4 is 28.7 Å². The number of anilines is 1. The maximum Gasteiger partial charge on any atom is 0.328 e. The fourth-order valence-electron chi connectivity index (χ4n) is 2.76. The Morgan fingerprint density at radius 1 is 1.19 bits per heavy atom. The number of fused-ring (bicyclic) bond motifs is 1. The number of aromatic hydroxyl groups is 1. The molecule has 3 rings (SSSR count). The molecule has 0 saturated heterocycles. The van der Waals surface area contributed by atoms with Crippen molar-refractivity contribution < 1.29 is 24.2 Å². The molecule has 2 N–H and O–H groups in total. The molecule has 0 unspecified atom stereocenters. The lowest BCUT2D eigenvalue weighted by Gasteiger charge is -2.17. The van der Waals surface area contributed by atoms with Crippen molar-refractivity contribution in [2.75, 3.05) is 26.1 Å². The third kappa shape index (κ3) is 3.35. The summed E-state index contributed by atoms with van der Waals surface area (Å²) in [6.45, 7) is 0. The largest absolute Gasteiger partial charge is 0.504 e. The monoisotopic (exact) mass is 353 g/mol. The van der Waals surface area contributed by atoms with Gasteiger partial charge in [0.05, 0.1) is 12.8 Å². The molecular weight excluding hydrogens is 334 g/mol. The minimum absolute atomic E-state index is 0.0415. The minimum atomic E-state index is -1.05. The Balaban J connectivity index is 2.08. The summed E-state index contributed by atoms with van der Waals surface area (Å²) in [5, 5.41) is 19.6. The lowest BCUT2D eigenvalue weighted by Crippen LogP contribution is -2.10. The molecule has 0 amide bonds. The fraction of sp³-hybridized carbons (Fsp3) is 0.150. The van der Waals surface area contributed by atoms with E-state index in [2.05, 4.69) is 0 Å². The highest BCUT2D eigenvalue weighted by molar-refractivity contribution is 5.91. The standard InChI is InChI=1S/C20H19NO5/c1-21(2)15-10-13(5-6-17(15)25-3)18-11-14-8-12(4-7-19(23)24)9-16(22)20(14)26-18/h4-11,22H,1-3H3,(H,23,24)/b7-4+. The van der Waals surface area contributed by atoms with Crippen LogP contribution in [0.5, 0.6) is 11.5 Å². The van der Waals surface area contributed by atoms with Gasteiger partial charge in [0.25, 0.3) is 0 Å². The van der Waals surface area contributed by atoms with E-state index >= 15 is 0 Å². The molecule has 0 aliphatic rings. The topological polar surface area (TPSA) is 83.1 Å². The molecule has 0 spiro atoms. The Hall–Kier alpha value is -3.41. The molecule has 26 heavy (non-hydrogen) atoms. The van der Waals surface area contributed by atoms with Gasteiger partial charge in [0.15, 0.2) is 11.3 Å². The number of ether oxygens (including phenoxy) is 1. The smallest absolute Gasteiger partial charge is 0.328 e. The molecule has 0 aliphatic heterocycles. The van der Waals surface area contributed by atoms with E-state index in [0.29, 0.717) is 22.3 Å². The van der Waals surface area contributed by atoms with Crippen LogP contribution < -0.4 is 9.64 Å². The van der Waals surface area contributed by atoms with E-state index in [1.807, 2.05) is 43.3 Å². The van der Waals surface area contributed by atoms with Gasteiger partial charge in [-0.3, -0.25) is 0 Å². The second-order valence-electron chi connectivity index (χ2n) is 6.02. The molecule has 0 radical (unpaired) electrons. The molecular formula is C20H19NO5. The molecule has 3 aromatic rings. The normalized spacial score (nSPS) is 11.2. The van der Waals surface area contributed by atoms with Crippen LogP contribution in [0.15, 0.2) is 46.9 Å². The Kier molecular flexibility index (Phi) is 4.58. The quantitative estimate of drug-likeness (QED) is 0.675. The highest BCUT2D eigenvalue weighted by Crippen LogP contribution is 2.37. The fourth-order valence-corrected chi connectivity index (χ4v) is 2.76. The molecule has 0 atom stereocenters. The number of nitrogens with zero attached hydrogens (tertiary/aromatic N) is 1. The van der Waals surface area contributed by atoms with Crippen LogP contribution in [0.4, 0.5) is 5.69 Å². The summed E-state index contributed by atoms with van der Waals surface area (Å²) >= 11 is 0. The number of aliphatic carboxylic acids is 1. The maximum atomic E-state index is 10.7. The van der Waals surface area contributed by atoms with Gasteiger partial charge in [0, 0.05) is 31.1 Å². The van der Waals surface area contributed by atoms with Crippen molar-refractivity contribution in [3.8, 4) is 22.8 Å². The first kappa shape index (κ1) is 17.4. The van der Waals surface area contributed by atoms with E-state index in [0.717, 1.165) is 23.1 Å². The first-order valence-electron chi connectivity index (χ1n) is 7.92. The number of benzene rings is 2. The molecule has 1 aromatic heterocycles. The second kappa shape index (κ2) is 6.84. The van der Waals surface area contributed by atoms with Gasteiger partial charge in [0.1, 0.15) is 11.5 Å². The average molecular weight is 353 g/mol. The highest BCUT2D eigenvalue weighted by Gasteiger charge is 2.13. The zero-order valence-corrected chi connectivity index (χ0v) is 14.7. The van der Waals surface area contributed by atoms with Crippen LogP contribution in [0.25, 0.3) is 28.4 Å². The second-order valence-corrected chi connectivity index (χ2v) is 6.02. The third-order valence-electron chi connectivity index (χ3n) is 3.98. The van der Waals surface area contributed by atoms with Crippen molar-refractivity contribution in [2.24, 2.45) is 0 Å². The van der Waals surface area contributed by atoms with Gasteiger partial charge in [-0.25, -0.2) is 4.79 Å². The van der Waals surface area contributed by atoms with Crippen LogP contribution in [0.2, 0.25) is 0 Å². The summed E-state index contributed by atoms with van der Waals surface area (Å²) < 4.78 is 11.2. The summed E-state index contributed by atoms with van der Waals surface area (Å²) in [5.41, 5.74) is 2.68. The molecule has 0 saturated carbocycles.